The zero-order valence-corrected chi connectivity index (χ0v) is 18.6. The molecule has 1 amide bonds. The van der Waals surface area contributed by atoms with Crippen LogP contribution >= 0.6 is 0 Å². The summed E-state index contributed by atoms with van der Waals surface area (Å²) in [6.45, 7) is 4.20. The molecule has 6 heteroatoms. The Hall–Kier alpha value is -3.80. The first kappa shape index (κ1) is 21.4. The molecule has 0 fully saturated rings. The van der Waals surface area contributed by atoms with Crippen molar-refractivity contribution in [1.82, 2.24) is 0 Å². The maximum Gasteiger partial charge on any atom is 0.414 e. The minimum absolute atomic E-state index is 0.146. The highest BCUT2D eigenvalue weighted by molar-refractivity contribution is 6.01. The number of ether oxygens (including phenoxy) is 2. The van der Waals surface area contributed by atoms with Gasteiger partial charge in [0.1, 0.15) is 5.75 Å². The van der Waals surface area contributed by atoms with E-state index in [2.05, 4.69) is 0 Å². The van der Waals surface area contributed by atoms with Gasteiger partial charge in [-0.2, -0.15) is 0 Å². The first-order valence-corrected chi connectivity index (χ1v) is 10.3. The molecule has 6 nitrogen and oxygen atoms in total. The summed E-state index contributed by atoms with van der Waals surface area (Å²) in [6, 6.07) is 15.8. The molecule has 0 atom stereocenters. The van der Waals surface area contributed by atoms with Crippen molar-refractivity contribution < 1.29 is 24.2 Å². The number of fused-ring (bicyclic) bond motifs is 3. The highest BCUT2D eigenvalue weighted by Crippen LogP contribution is 2.46. The van der Waals surface area contributed by atoms with Crippen molar-refractivity contribution in [2.75, 3.05) is 19.1 Å². The number of amides is 1. The number of carboxylic acid groups (broad SMARTS) is 1. The number of carbonyl (C=O) groups is 2. The predicted octanol–water partition coefficient (Wildman–Crippen LogP) is 5.36. The van der Waals surface area contributed by atoms with Crippen LogP contribution in [0.2, 0.25) is 0 Å². The van der Waals surface area contributed by atoms with Gasteiger partial charge in [0.2, 0.25) is 0 Å². The largest absolute Gasteiger partial charge is 0.497 e. The molecule has 1 aliphatic heterocycles. The number of rotatable bonds is 4. The van der Waals surface area contributed by atoms with Gasteiger partial charge in [0.15, 0.2) is 0 Å². The molecule has 164 valence electrons. The van der Waals surface area contributed by atoms with Crippen molar-refractivity contribution in [3.8, 4) is 28.0 Å². The molecule has 1 N–H and O–H groups in total. The summed E-state index contributed by atoms with van der Waals surface area (Å²) in [6.07, 6.45) is -0.639. The number of hydrogen-bond donors (Lipinski definition) is 1. The van der Waals surface area contributed by atoms with Crippen LogP contribution in [0, 0.1) is 13.8 Å². The highest BCUT2D eigenvalue weighted by atomic mass is 16.5. The second-order valence-corrected chi connectivity index (χ2v) is 7.94. The van der Waals surface area contributed by atoms with E-state index in [4.69, 9.17) is 9.47 Å². The molecule has 0 aromatic heterocycles. The predicted molar refractivity (Wildman–Crippen MR) is 123 cm³/mol. The molecular formula is C26H25NO5. The van der Waals surface area contributed by atoms with E-state index in [0.29, 0.717) is 23.5 Å². The number of aliphatic carboxylic acids is 1. The third kappa shape index (κ3) is 3.68. The number of methoxy groups -OCH3 is 2. The molecule has 0 aliphatic carbocycles. The van der Waals surface area contributed by atoms with E-state index >= 15 is 0 Å². The lowest BCUT2D eigenvalue weighted by molar-refractivity contribution is -0.136. The van der Waals surface area contributed by atoms with E-state index in [0.717, 1.165) is 38.9 Å². The Morgan fingerprint density at radius 1 is 0.969 bits per heavy atom. The number of benzene rings is 3. The normalized spacial score (nSPS) is 12.1. The van der Waals surface area contributed by atoms with Crippen LogP contribution in [0.15, 0.2) is 48.5 Å². The Bertz CT molecular complexity index is 1210. The van der Waals surface area contributed by atoms with Gasteiger partial charge in [0.25, 0.3) is 0 Å². The Balaban J connectivity index is 2.05. The Morgan fingerprint density at radius 2 is 1.69 bits per heavy atom. The SMILES string of the molecule is COC(=O)N1Cc2cc(OC)ccc2-c2cc(-c3ccc(C)cc3)c(CC(=O)O)c(C)c21. The van der Waals surface area contributed by atoms with Gasteiger partial charge in [-0.15, -0.1) is 0 Å². The molecule has 3 aromatic carbocycles. The summed E-state index contributed by atoms with van der Waals surface area (Å²) >= 11 is 0. The molecule has 0 bridgehead atoms. The zero-order chi connectivity index (χ0) is 23.0. The van der Waals surface area contributed by atoms with E-state index in [1.807, 2.05) is 62.4 Å². The average molecular weight is 431 g/mol. The van der Waals surface area contributed by atoms with Crippen molar-refractivity contribution >= 4 is 17.7 Å². The zero-order valence-electron chi connectivity index (χ0n) is 18.6. The Labute approximate surface area is 187 Å². The fourth-order valence-corrected chi connectivity index (χ4v) is 4.38. The summed E-state index contributed by atoms with van der Waals surface area (Å²) in [5, 5.41) is 9.63. The number of hydrogen-bond acceptors (Lipinski definition) is 4. The van der Waals surface area contributed by atoms with Crippen LogP contribution in [-0.2, 0) is 22.5 Å². The van der Waals surface area contributed by atoms with Crippen LogP contribution in [0.25, 0.3) is 22.3 Å². The van der Waals surface area contributed by atoms with Crippen LogP contribution in [0.1, 0.15) is 22.3 Å². The quantitative estimate of drug-likeness (QED) is 0.602. The van der Waals surface area contributed by atoms with Crippen molar-refractivity contribution in [2.45, 2.75) is 26.8 Å². The number of anilines is 1. The maximum atomic E-state index is 12.7. The van der Waals surface area contributed by atoms with E-state index < -0.39 is 12.1 Å². The number of carboxylic acids is 1. The van der Waals surface area contributed by atoms with Gasteiger partial charge >= 0.3 is 12.1 Å². The molecule has 0 unspecified atom stereocenters. The lowest BCUT2D eigenvalue weighted by Gasteiger charge is -2.33. The van der Waals surface area contributed by atoms with Crippen LogP contribution < -0.4 is 9.64 Å². The van der Waals surface area contributed by atoms with Crippen LogP contribution in [-0.4, -0.2) is 31.4 Å². The number of aryl methyl sites for hydroxylation is 1. The van der Waals surface area contributed by atoms with Gasteiger partial charge in [-0.1, -0.05) is 35.9 Å². The molecule has 1 aliphatic rings. The first-order chi connectivity index (χ1) is 15.3. The second-order valence-electron chi connectivity index (χ2n) is 7.94. The first-order valence-electron chi connectivity index (χ1n) is 10.3. The molecule has 1 heterocycles. The summed E-state index contributed by atoms with van der Waals surface area (Å²) < 4.78 is 10.4. The fourth-order valence-electron chi connectivity index (χ4n) is 4.38. The van der Waals surface area contributed by atoms with Crippen LogP contribution in [0.3, 0.4) is 0 Å². The molecule has 0 spiro atoms. The average Bonchev–Trinajstić information content (AvgIpc) is 2.79. The van der Waals surface area contributed by atoms with Crippen molar-refractivity contribution in [3.05, 3.63) is 70.8 Å². The molecule has 4 rings (SSSR count). The maximum absolute atomic E-state index is 12.7. The third-order valence-electron chi connectivity index (χ3n) is 5.96. The molecule has 3 aromatic rings. The lowest BCUT2D eigenvalue weighted by atomic mass is 9.84. The topological polar surface area (TPSA) is 76.1 Å². The third-order valence-corrected chi connectivity index (χ3v) is 5.96. The van der Waals surface area contributed by atoms with E-state index in [1.165, 1.54) is 7.11 Å². The smallest absolute Gasteiger partial charge is 0.414 e. The number of nitrogens with zero attached hydrogens (tertiary/aromatic N) is 1. The van der Waals surface area contributed by atoms with Gasteiger partial charge in [-0.25, -0.2) is 4.79 Å². The van der Waals surface area contributed by atoms with Crippen molar-refractivity contribution in [2.24, 2.45) is 0 Å². The molecule has 0 saturated heterocycles. The second kappa shape index (κ2) is 8.38. The summed E-state index contributed by atoms with van der Waals surface area (Å²) in [5.74, 6) is -0.220. The Morgan fingerprint density at radius 3 is 2.31 bits per heavy atom. The van der Waals surface area contributed by atoms with Gasteiger partial charge in [0, 0.05) is 5.56 Å². The van der Waals surface area contributed by atoms with Crippen molar-refractivity contribution in [3.63, 3.8) is 0 Å². The lowest BCUT2D eigenvalue weighted by Crippen LogP contribution is -2.34. The molecule has 0 radical (unpaired) electrons. The molecular weight excluding hydrogens is 406 g/mol. The highest BCUT2D eigenvalue weighted by Gasteiger charge is 2.31. The molecule has 0 saturated carbocycles. The van der Waals surface area contributed by atoms with Crippen molar-refractivity contribution in [1.29, 1.82) is 0 Å². The van der Waals surface area contributed by atoms with E-state index in [1.54, 1.807) is 12.0 Å². The van der Waals surface area contributed by atoms with Gasteiger partial charge < -0.3 is 14.6 Å². The Kier molecular flexibility index (Phi) is 5.61. The molecule has 32 heavy (non-hydrogen) atoms. The summed E-state index contributed by atoms with van der Waals surface area (Å²) in [7, 11) is 2.95. The minimum atomic E-state index is -0.924. The van der Waals surface area contributed by atoms with Crippen LogP contribution in [0.5, 0.6) is 5.75 Å². The number of carbonyl (C=O) groups excluding carboxylic acids is 1. The summed E-state index contributed by atoms with van der Waals surface area (Å²) in [4.78, 5) is 26.0. The summed E-state index contributed by atoms with van der Waals surface area (Å²) in [5.41, 5.74) is 7.81. The minimum Gasteiger partial charge on any atom is -0.497 e. The fraction of sp³-hybridized carbons (Fsp3) is 0.231. The monoisotopic (exact) mass is 431 g/mol. The van der Waals surface area contributed by atoms with Gasteiger partial charge in [-0.3, -0.25) is 9.69 Å². The standard InChI is InChI=1S/C26H25NO5/c1-15-5-7-17(8-6-15)22-12-23-20-10-9-19(31-3)11-18(20)14-27(26(30)32-4)25(23)16(2)21(22)13-24(28)29/h5-12H,13-14H2,1-4H3,(H,28,29). The van der Waals surface area contributed by atoms with E-state index in [9.17, 15) is 14.7 Å². The van der Waals surface area contributed by atoms with Gasteiger partial charge in [0.05, 0.1) is 32.9 Å². The van der Waals surface area contributed by atoms with Crippen LogP contribution in [0.4, 0.5) is 10.5 Å². The van der Waals surface area contributed by atoms with Gasteiger partial charge in [-0.05, 0) is 65.4 Å². The van der Waals surface area contributed by atoms with E-state index in [-0.39, 0.29) is 6.42 Å².